The van der Waals surface area contributed by atoms with Crippen LogP contribution in [0.3, 0.4) is 0 Å². The molecule has 2 unspecified atom stereocenters. The van der Waals surface area contributed by atoms with Crippen molar-refractivity contribution in [2.45, 2.75) is 43.0 Å². The third kappa shape index (κ3) is 3.35. The highest BCUT2D eigenvalue weighted by Crippen LogP contribution is 2.33. The molecule has 1 saturated carbocycles. The second kappa shape index (κ2) is 5.61. The van der Waals surface area contributed by atoms with Gasteiger partial charge in [0.2, 0.25) is 10.0 Å². The minimum Gasteiger partial charge on any atom is -0.394 e. The molecule has 0 heterocycles. The van der Waals surface area contributed by atoms with E-state index in [1.165, 1.54) is 0 Å². The third-order valence-electron chi connectivity index (χ3n) is 3.80. The van der Waals surface area contributed by atoms with E-state index in [0.717, 1.165) is 12.8 Å². The standard InChI is InChI=1S/C14H21NO3S/c1-12-6-5-9-14(10-12,11-16)15-19(17,18)13-7-3-2-4-8-13/h2-4,7-8,12,15-16H,5-6,9-11H2,1H3. The molecule has 1 aliphatic rings. The van der Waals surface area contributed by atoms with Crippen LogP contribution in [-0.4, -0.2) is 25.7 Å². The monoisotopic (exact) mass is 283 g/mol. The molecule has 106 valence electrons. The van der Waals surface area contributed by atoms with Gasteiger partial charge in [-0.25, -0.2) is 13.1 Å². The van der Waals surface area contributed by atoms with E-state index in [2.05, 4.69) is 11.6 Å². The minimum absolute atomic E-state index is 0.149. The Morgan fingerprint density at radius 3 is 2.63 bits per heavy atom. The highest BCUT2D eigenvalue weighted by atomic mass is 32.2. The van der Waals surface area contributed by atoms with Crippen molar-refractivity contribution in [3.63, 3.8) is 0 Å². The van der Waals surface area contributed by atoms with E-state index in [4.69, 9.17) is 0 Å². The van der Waals surface area contributed by atoms with Crippen LogP contribution in [0.1, 0.15) is 32.6 Å². The van der Waals surface area contributed by atoms with Crippen LogP contribution in [-0.2, 0) is 10.0 Å². The summed E-state index contributed by atoms with van der Waals surface area (Å²) in [6.45, 7) is 1.95. The van der Waals surface area contributed by atoms with Gasteiger partial charge in [-0.1, -0.05) is 38.0 Å². The molecule has 0 aliphatic heterocycles. The maximum Gasteiger partial charge on any atom is 0.241 e. The Labute approximate surface area is 114 Å². The minimum atomic E-state index is -3.56. The highest BCUT2D eigenvalue weighted by Gasteiger charge is 2.38. The van der Waals surface area contributed by atoms with Crippen molar-refractivity contribution >= 4 is 10.0 Å². The topological polar surface area (TPSA) is 66.4 Å². The van der Waals surface area contributed by atoms with E-state index in [-0.39, 0.29) is 11.5 Å². The zero-order valence-corrected chi connectivity index (χ0v) is 12.0. The Morgan fingerprint density at radius 2 is 2.05 bits per heavy atom. The van der Waals surface area contributed by atoms with Gasteiger partial charge >= 0.3 is 0 Å². The van der Waals surface area contributed by atoms with Crippen LogP contribution in [0.5, 0.6) is 0 Å². The molecule has 1 aromatic carbocycles. The van der Waals surface area contributed by atoms with Crippen LogP contribution < -0.4 is 4.72 Å². The van der Waals surface area contributed by atoms with Gasteiger partial charge < -0.3 is 5.11 Å². The number of sulfonamides is 1. The molecule has 2 rings (SSSR count). The lowest BCUT2D eigenvalue weighted by atomic mass is 9.78. The first-order valence-electron chi connectivity index (χ1n) is 6.67. The van der Waals surface area contributed by atoms with Gasteiger partial charge in [0, 0.05) is 0 Å². The average Bonchev–Trinajstić information content (AvgIpc) is 2.39. The van der Waals surface area contributed by atoms with E-state index in [1.807, 2.05) is 0 Å². The van der Waals surface area contributed by atoms with Crippen LogP contribution in [0.2, 0.25) is 0 Å². The first-order chi connectivity index (χ1) is 8.97. The molecule has 2 N–H and O–H groups in total. The molecule has 2 atom stereocenters. The summed E-state index contributed by atoms with van der Waals surface area (Å²) in [6, 6.07) is 8.32. The summed E-state index contributed by atoms with van der Waals surface area (Å²) in [6.07, 6.45) is 3.42. The lowest BCUT2D eigenvalue weighted by molar-refractivity contribution is 0.120. The molecule has 0 radical (unpaired) electrons. The smallest absolute Gasteiger partial charge is 0.241 e. The van der Waals surface area contributed by atoms with Crippen molar-refractivity contribution in [3.8, 4) is 0 Å². The van der Waals surface area contributed by atoms with E-state index in [0.29, 0.717) is 18.8 Å². The SMILES string of the molecule is CC1CCCC(CO)(NS(=O)(=O)c2ccccc2)C1. The van der Waals surface area contributed by atoms with E-state index >= 15 is 0 Å². The molecule has 1 fully saturated rings. The van der Waals surface area contributed by atoms with Crippen molar-refractivity contribution < 1.29 is 13.5 Å². The van der Waals surface area contributed by atoms with Gasteiger partial charge in [0.05, 0.1) is 17.0 Å². The quantitative estimate of drug-likeness (QED) is 0.887. The number of nitrogens with one attached hydrogen (secondary N) is 1. The maximum atomic E-state index is 12.3. The van der Waals surface area contributed by atoms with Gasteiger partial charge in [0.1, 0.15) is 0 Å². The van der Waals surface area contributed by atoms with Crippen molar-refractivity contribution in [2.75, 3.05) is 6.61 Å². The van der Waals surface area contributed by atoms with Gasteiger partial charge in [-0.3, -0.25) is 0 Å². The molecule has 0 bridgehead atoms. The molecule has 5 heteroatoms. The molecule has 0 spiro atoms. The molecule has 4 nitrogen and oxygen atoms in total. The summed E-state index contributed by atoms with van der Waals surface area (Å²) in [7, 11) is -3.56. The predicted molar refractivity (Wildman–Crippen MR) is 74.2 cm³/mol. The molecule has 1 aliphatic carbocycles. The first-order valence-corrected chi connectivity index (χ1v) is 8.16. The van der Waals surface area contributed by atoms with Crippen molar-refractivity contribution in [1.29, 1.82) is 0 Å². The van der Waals surface area contributed by atoms with Crippen LogP contribution in [0.4, 0.5) is 0 Å². The lowest BCUT2D eigenvalue weighted by Gasteiger charge is -2.38. The Balaban J connectivity index is 2.23. The van der Waals surface area contributed by atoms with E-state index in [9.17, 15) is 13.5 Å². The van der Waals surface area contributed by atoms with Gasteiger partial charge in [-0.15, -0.1) is 0 Å². The fourth-order valence-corrected chi connectivity index (χ4v) is 4.33. The fraction of sp³-hybridized carbons (Fsp3) is 0.571. The Hall–Kier alpha value is -0.910. The second-order valence-electron chi connectivity index (χ2n) is 5.56. The maximum absolute atomic E-state index is 12.3. The second-order valence-corrected chi connectivity index (χ2v) is 7.24. The van der Waals surface area contributed by atoms with Gasteiger partial charge in [0.15, 0.2) is 0 Å². The van der Waals surface area contributed by atoms with E-state index < -0.39 is 15.6 Å². The van der Waals surface area contributed by atoms with Gasteiger partial charge in [-0.2, -0.15) is 0 Å². The Morgan fingerprint density at radius 1 is 1.37 bits per heavy atom. The van der Waals surface area contributed by atoms with E-state index in [1.54, 1.807) is 30.3 Å². The van der Waals surface area contributed by atoms with Crippen LogP contribution >= 0.6 is 0 Å². The average molecular weight is 283 g/mol. The lowest BCUT2D eigenvalue weighted by Crippen LogP contribution is -2.53. The molecule has 19 heavy (non-hydrogen) atoms. The summed E-state index contributed by atoms with van der Waals surface area (Å²) in [5, 5.41) is 9.64. The Kier molecular flexibility index (Phi) is 4.28. The molecule has 0 aromatic heterocycles. The number of aliphatic hydroxyl groups is 1. The summed E-state index contributed by atoms with van der Waals surface area (Å²) < 4.78 is 27.4. The molecule has 1 aromatic rings. The first kappa shape index (κ1) is 14.5. The number of aliphatic hydroxyl groups excluding tert-OH is 1. The zero-order chi connectivity index (χ0) is 13.9. The number of hydrogen-bond acceptors (Lipinski definition) is 3. The molecule has 0 amide bonds. The normalized spacial score (nSPS) is 28.2. The predicted octanol–water partition coefficient (Wildman–Crippen LogP) is 1.91. The van der Waals surface area contributed by atoms with Gasteiger partial charge in [-0.05, 0) is 30.9 Å². The fourth-order valence-electron chi connectivity index (χ4n) is 2.87. The zero-order valence-electron chi connectivity index (χ0n) is 11.2. The van der Waals surface area contributed by atoms with Crippen molar-refractivity contribution in [3.05, 3.63) is 30.3 Å². The number of hydrogen-bond donors (Lipinski definition) is 2. The Bertz CT molecular complexity index is 515. The summed E-state index contributed by atoms with van der Waals surface area (Å²) in [5.41, 5.74) is -0.702. The van der Waals surface area contributed by atoms with Crippen LogP contribution in [0.25, 0.3) is 0 Å². The van der Waals surface area contributed by atoms with Gasteiger partial charge in [0.25, 0.3) is 0 Å². The van der Waals surface area contributed by atoms with Crippen LogP contribution in [0, 0.1) is 5.92 Å². The summed E-state index contributed by atoms with van der Waals surface area (Å²) in [5.74, 6) is 0.430. The third-order valence-corrected chi connectivity index (χ3v) is 5.39. The molecular weight excluding hydrogens is 262 g/mol. The summed E-state index contributed by atoms with van der Waals surface area (Å²) in [4.78, 5) is 0.251. The van der Waals surface area contributed by atoms with Crippen molar-refractivity contribution in [2.24, 2.45) is 5.92 Å². The summed E-state index contributed by atoms with van der Waals surface area (Å²) >= 11 is 0. The highest BCUT2D eigenvalue weighted by molar-refractivity contribution is 7.89. The molecule has 0 saturated heterocycles. The molecular formula is C14H21NO3S. The largest absolute Gasteiger partial charge is 0.394 e. The van der Waals surface area contributed by atoms with Crippen molar-refractivity contribution in [1.82, 2.24) is 4.72 Å². The number of benzene rings is 1. The number of rotatable bonds is 4. The van der Waals surface area contributed by atoms with Crippen LogP contribution in [0.15, 0.2) is 35.2 Å².